The highest BCUT2D eigenvalue weighted by atomic mass is 16.1. The van der Waals surface area contributed by atoms with Crippen LogP contribution in [0.5, 0.6) is 0 Å². The summed E-state index contributed by atoms with van der Waals surface area (Å²) in [6.45, 7) is 7.56. The van der Waals surface area contributed by atoms with Crippen LogP contribution in [0.15, 0.2) is 24.3 Å². The lowest BCUT2D eigenvalue weighted by molar-refractivity contribution is -0.120. The standard InChI is InChI=1S/C18H26N2O/c1-4-20(12(2)3)17-7-5-16(6-8-17)19-18(21)15-10-13-9-14(13)11-15/h5-8,12-15H,4,9-11H2,1-3H3,(H,19,21). The van der Waals surface area contributed by atoms with Crippen LogP contribution in [0, 0.1) is 17.8 Å². The van der Waals surface area contributed by atoms with E-state index in [1.165, 1.54) is 12.1 Å². The normalized spacial score (nSPS) is 26.6. The molecule has 2 atom stereocenters. The third kappa shape index (κ3) is 3.07. The third-order valence-electron chi connectivity index (χ3n) is 5.04. The van der Waals surface area contributed by atoms with Crippen molar-refractivity contribution < 1.29 is 4.79 Å². The maximum Gasteiger partial charge on any atom is 0.227 e. The predicted octanol–water partition coefficient (Wildman–Crippen LogP) is 3.91. The first-order valence-electron chi connectivity index (χ1n) is 8.26. The van der Waals surface area contributed by atoms with Crippen molar-refractivity contribution in [3.8, 4) is 0 Å². The van der Waals surface area contributed by atoms with Crippen LogP contribution in [-0.2, 0) is 4.79 Å². The molecule has 3 nitrogen and oxygen atoms in total. The molecule has 1 aromatic rings. The van der Waals surface area contributed by atoms with Gasteiger partial charge in [0.2, 0.25) is 5.91 Å². The van der Waals surface area contributed by atoms with E-state index < -0.39 is 0 Å². The molecule has 0 spiro atoms. The van der Waals surface area contributed by atoms with Gasteiger partial charge >= 0.3 is 0 Å². The van der Waals surface area contributed by atoms with Crippen molar-refractivity contribution in [1.82, 2.24) is 0 Å². The number of carbonyl (C=O) groups excluding carboxylic acids is 1. The molecule has 0 heterocycles. The lowest BCUT2D eigenvalue weighted by atomic mass is 10.0. The van der Waals surface area contributed by atoms with Gasteiger partial charge in [0.25, 0.3) is 0 Å². The van der Waals surface area contributed by atoms with E-state index in [0.717, 1.165) is 36.9 Å². The Morgan fingerprint density at radius 2 is 1.81 bits per heavy atom. The Morgan fingerprint density at radius 1 is 1.19 bits per heavy atom. The minimum absolute atomic E-state index is 0.214. The largest absolute Gasteiger partial charge is 0.369 e. The fraction of sp³-hybridized carbons (Fsp3) is 0.611. The van der Waals surface area contributed by atoms with Gasteiger partial charge in [0, 0.05) is 29.9 Å². The maximum absolute atomic E-state index is 12.2. The van der Waals surface area contributed by atoms with E-state index in [2.05, 4.69) is 43.1 Å². The minimum atomic E-state index is 0.214. The smallest absolute Gasteiger partial charge is 0.227 e. The molecule has 114 valence electrons. The third-order valence-corrected chi connectivity index (χ3v) is 5.04. The van der Waals surface area contributed by atoms with Gasteiger partial charge in [-0.3, -0.25) is 4.79 Å². The molecule has 1 aromatic carbocycles. The van der Waals surface area contributed by atoms with Crippen LogP contribution in [0.25, 0.3) is 0 Å². The average Bonchev–Trinajstić information content (AvgIpc) is 3.07. The number of fused-ring (bicyclic) bond motifs is 1. The zero-order chi connectivity index (χ0) is 15.0. The highest BCUT2D eigenvalue weighted by Crippen LogP contribution is 2.54. The molecule has 0 radical (unpaired) electrons. The summed E-state index contributed by atoms with van der Waals surface area (Å²) in [5.74, 6) is 2.17. The molecule has 2 saturated carbocycles. The predicted molar refractivity (Wildman–Crippen MR) is 87.5 cm³/mol. The molecule has 1 amide bonds. The van der Waals surface area contributed by atoms with Crippen LogP contribution < -0.4 is 10.2 Å². The number of rotatable bonds is 5. The first-order chi connectivity index (χ1) is 10.1. The summed E-state index contributed by atoms with van der Waals surface area (Å²) < 4.78 is 0. The van der Waals surface area contributed by atoms with Crippen LogP contribution in [0.4, 0.5) is 11.4 Å². The molecule has 2 aliphatic carbocycles. The quantitative estimate of drug-likeness (QED) is 0.890. The van der Waals surface area contributed by atoms with Gasteiger partial charge in [0.15, 0.2) is 0 Å². The zero-order valence-corrected chi connectivity index (χ0v) is 13.3. The molecule has 0 aliphatic heterocycles. The van der Waals surface area contributed by atoms with Crippen molar-refractivity contribution in [2.45, 2.75) is 46.1 Å². The van der Waals surface area contributed by atoms with Crippen LogP contribution in [0.1, 0.15) is 40.0 Å². The Hall–Kier alpha value is -1.51. The molecule has 0 aromatic heterocycles. The number of carbonyl (C=O) groups is 1. The van der Waals surface area contributed by atoms with Gasteiger partial charge in [-0.25, -0.2) is 0 Å². The number of hydrogen-bond donors (Lipinski definition) is 1. The Labute approximate surface area is 127 Å². The Balaban J connectivity index is 1.60. The Morgan fingerprint density at radius 3 is 2.33 bits per heavy atom. The van der Waals surface area contributed by atoms with Crippen LogP contribution in [-0.4, -0.2) is 18.5 Å². The molecule has 0 bridgehead atoms. The molecular formula is C18H26N2O. The van der Waals surface area contributed by atoms with Gasteiger partial charge in [0.1, 0.15) is 0 Å². The molecule has 21 heavy (non-hydrogen) atoms. The molecule has 3 heteroatoms. The minimum Gasteiger partial charge on any atom is -0.369 e. The van der Waals surface area contributed by atoms with E-state index in [1.807, 2.05) is 12.1 Å². The number of nitrogens with one attached hydrogen (secondary N) is 1. The van der Waals surface area contributed by atoms with Crippen LogP contribution >= 0.6 is 0 Å². The number of anilines is 2. The topological polar surface area (TPSA) is 32.3 Å². The summed E-state index contributed by atoms with van der Waals surface area (Å²) in [5, 5.41) is 3.08. The summed E-state index contributed by atoms with van der Waals surface area (Å²) in [5.41, 5.74) is 2.14. The van der Waals surface area contributed by atoms with Crippen molar-refractivity contribution in [2.24, 2.45) is 17.8 Å². The van der Waals surface area contributed by atoms with Crippen molar-refractivity contribution in [3.63, 3.8) is 0 Å². The fourth-order valence-electron chi connectivity index (χ4n) is 3.76. The SMILES string of the molecule is CCN(c1ccc(NC(=O)C2CC3CC3C2)cc1)C(C)C. The van der Waals surface area contributed by atoms with E-state index in [9.17, 15) is 4.79 Å². The molecule has 2 aliphatic rings. The van der Waals surface area contributed by atoms with E-state index >= 15 is 0 Å². The number of amides is 1. The highest BCUT2D eigenvalue weighted by Gasteiger charge is 2.47. The van der Waals surface area contributed by atoms with Crippen molar-refractivity contribution in [1.29, 1.82) is 0 Å². The maximum atomic E-state index is 12.2. The number of hydrogen-bond acceptors (Lipinski definition) is 2. The van der Waals surface area contributed by atoms with E-state index in [4.69, 9.17) is 0 Å². The van der Waals surface area contributed by atoms with Gasteiger partial charge in [-0.05, 0) is 76.1 Å². The molecular weight excluding hydrogens is 260 g/mol. The zero-order valence-electron chi connectivity index (χ0n) is 13.3. The van der Waals surface area contributed by atoms with E-state index in [1.54, 1.807) is 0 Å². The van der Waals surface area contributed by atoms with Gasteiger partial charge in [-0.1, -0.05) is 0 Å². The lowest BCUT2D eigenvalue weighted by Crippen LogP contribution is -2.30. The average molecular weight is 286 g/mol. The monoisotopic (exact) mass is 286 g/mol. The summed E-state index contributed by atoms with van der Waals surface area (Å²) in [6.07, 6.45) is 3.57. The van der Waals surface area contributed by atoms with Gasteiger partial charge < -0.3 is 10.2 Å². The highest BCUT2D eigenvalue weighted by molar-refractivity contribution is 5.93. The van der Waals surface area contributed by atoms with Crippen molar-refractivity contribution in [2.75, 3.05) is 16.8 Å². The van der Waals surface area contributed by atoms with Gasteiger partial charge in [-0.2, -0.15) is 0 Å². The first-order valence-corrected chi connectivity index (χ1v) is 8.26. The van der Waals surface area contributed by atoms with Gasteiger partial charge in [-0.15, -0.1) is 0 Å². The summed E-state index contributed by atoms with van der Waals surface area (Å²) in [6, 6.07) is 8.74. The van der Waals surface area contributed by atoms with E-state index in [0.29, 0.717) is 6.04 Å². The molecule has 1 N–H and O–H groups in total. The van der Waals surface area contributed by atoms with Crippen molar-refractivity contribution in [3.05, 3.63) is 24.3 Å². The molecule has 0 saturated heterocycles. The van der Waals surface area contributed by atoms with Crippen molar-refractivity contribution >= 4 is 17.3 Å². The number of benzene rings is 1. The second-order valence-electron chi connectivity index (χ2n) is 6.84. The first kappa shape index (κ1) is 14.4. The summed E-state index contributed by atoms with van der Waals surface area (Å²) >= 11 is 0. The van der Waals surface area contributed by atoms with E-state index in [-0.39, 0.29) is 11.8 Å². The second-order valence-corrected chi connectivity index (χ2v) is 6.84. The Kier molecular flexibility index (Phi) is 3.92. The molecule has 2 unspecified atom stereocenters. The number of nitrogens with zero attached hydrogens (tertiary/aromatic N) is 1. The molecule has 3 rings (SSSR count). The molecule has 2 fully saturated rings. The lowest BCUT2D eigenvalue weighted by Gasteiger charge is -2.27. The Bertz CT molecular complexity index is 498. The second kappa shape index (κ2) is 5.70. The van der Waals surface area contributed by atoms with Gasteiger partial charge in [0.05, 0.1) is 0 Å². The fourth-order valence-corrected chi connectivity index (χ4v) is 3.76. The van der Waals surface area contributed by atoms with Crippen LogP contribution in [0.2, 0.25) is 0 Å². The van der Waals surface area contributed by atoms with Crippen LogP contribution in [0.3, 0.4) is 0 Å². The summed E-state index contributed by atoms with van der Waals surface area (Å²) in [4.78, 5) is 14.6. The summed E-state index contributed by atoms with van der Waals surface area (Å²) in [7, 11) is 0.